The Morgan fingerprint density at radius 1 is 0.842 bits per heavy atom. The van der Waals surface area contributed by atoms with Gasteiger partial charge in [0.1, 0.15) is 11.6 Å². The van der Waals surface area contributed by atoms with E-state index in [-0.39, 0.29) is 11.8 Å². The van der Waals surface area contributed by atoms with E-state index < -0.39 is 11.7 Å². The number of hydrogen-bond donors (Lipinski definition) is 3. The molecule has 0 aliphatic heterocycles. The molecule has 5 rings (SSSR count). The summed E-state index contributed by atoms with van der Waals surface area (Å²) in [5, 5.41) is 5.35. The number of rotatable bonds is 5. The van der Waals surface area contributed by atoms with Gasteiger partial charge in [0.05, 0.1) is 22.2 Å². The number of alkyl halides is 3. The number of hydrogen-bond acceptors (Lipinski definition) is 4. The van der Waals surface area contributed by atoms with E-state index >= 15 is 0 Å². The van der Waals surface area contributed by atoms with Gasteiger partial charge in [0, 0.05) is 24.4 Å². The largest absolute Gasteiger partial charge is 0.416 e. The van der Waals surface area contributed by atoms with E-state index in [2.05, 4.69) is 25.6 Å². The Morgan fingerprint density at radius 2 is 1.61 bits per heavy atom. The minimum absolute atomic E-state index is 0.252. The van der Waals surface area contributed by atoms with Crippen molar-refractivity contribution in [3.63, 3.8) is 0 Å². The summed E-state index contributed by atoms with van der Waals surface area (Å²) in [6.45, 7) is 1.37. The first kappa shape index (κ1) is 24.7. The number of H-pyrrole nitrogens is 1. The summed E-state index contributed by atoms with van der Waals surface area (Å²) in [7, 11) is 0. The minimum atomic E-state index is -4.43. The quantitative estimate of drug-likeness (QED) is 0.248. The van der Waals surface area contributed by atoms with Crippen molar-refractivity contribution in [3.05, 3.63) is 96.2 Å². The SMILES string of the molecule is CC(=O)Nc1ccc(C(=O)Nc2ccc(-c3cccc(-c4nc5ccc(C(F)(F)F)cc5[nH]4)c3)cc2)cn1. The van der Waals surface area contributed by atoms with E-state index in [9.17, 15) is 22.8 Å². The molecule has 2 aromatic heterocycles. The first-order valence-electron chi connectivity index (χ1n) is 11.5. The molecule has 0 atom stereocenters. The zero-order valence-corrected chi connectivity index (χ0v) is 19.9. The van der Waals surface area contributed by atoms with Crippen molar-refractivity contribution in [3.8, 4) is 22.5 Å². The Hall–Kier alpha value is -4.99. The highest BCUT2D eigenvalue weighted by Crippen LogP contribution is 2.32. The summed E-state index contributed by atoms with van der Waals surface area (Å²) < 4.78 is 39.2. The second-order valence-corrected chi connectivity index (χ2v) is 8.54. The van der Waals surface area contributed by atoms with Gasteiger partial charge in [-0.05, 0) is 59.7 Å². The van der Waals surface area contributed by atoms with Crippen LogP contribution in [-0.2, 0) is 11.0 Å². The molecule has 10 heteroatoms. The topological polar surface area (TPSA) is 99.8 Å². The van der Waals surface area contributed by atoms with E-state index in [4.69, 9.17) is 0 Å². The van der Waals surface area contributed by atoms with Gasteiger partial charge >= 0.3 is 6.18 Å². The van der Waals surface area contributed by atoms with Crippen LogP contribution in [0.3, 0.4) is 0 Å². The fourth-order valence-electron chi connectivity index (χ4n) is 3.90. The molecule has 0 aliphatic carbocycles. The fourth-order valence-corrected chi connectivity index (χ4v) is 3.90. The molecule has 5 aromatic rings. The number of pyridine rings is 1. The van der Waals surface area contributed by atoms with E-state index in [0.717, 1.165) is 28.8 Å². The number of carbonyl (C=O) groups excluding carboxylic acids is 2. The molecular formula is C28H20F3N5O2. The van der Waals surface area contributed by atoms with Crippen molar-refractivity contribution >= 4 is 34.4 Å². The van der Waals surface area contributed by atoms with Gasteiger partial charge in [-0.3, -0.25) is 9.59 Å². The molecule has 2 amide bonds. The normalized spacial score (nSPS) is 11.4. The van der Waals surface area contributed by atoms with Crippen LogP contribution in [0.2, 0.25) is 0 Å². The number of carbonyl (C=O) groups is 2. The maximum absolute atomic E-state index is 13.1. The van der Waals surface area contributed by atoms with Crippen LogP contribution in [0, 0.1) is 0 Å². The van der Waals surface area contributed by atoms with Gasteiger partial charge in [-0.25, -0.2) is 9.97 Å². The van der Waals surface area contributed by atoms with Gasteiger partial charge in [0.15, 0.2) is 0 Å². The predicted molar refractivity (Wildman–Crippen MR) is 138 cm³/mol. The first-order chi connectivity index (χ1) is 18.2. The van der Waals surface area contributed by atoms with Crippen molar-refractivity contribution in [1.29, 1.82) is 0 Å². The maximum atomic E-state index is 13.1. The summed E-state index contributed by atoms with van der Waals surface area (Å²) in [5.41, 5.74) is 3.40. The second kappa shape index (κ2) is 9.81. The first-order valence-corrected chi connectivity index (χ1v) is 11.5. The molecule has 0 saturated heterocycles. The average Bonchev–Trinajstić information content (AvgIpc) is 3.32. The van der Waals surface area contributed by atoms with Crippen LogP contribution in [0.4, 0.5) is 24.7 Å². The molecule has 2 heterocycles. The molecule has 3 N–H and O–H groups in total. The van der Waals surface area contributed by atoms with Crippen LogP contribution in [0.5, 0.6) is 0 Å². The third-order valence-corrected chi connectivity index (χ3v) is 5.75. The van der Waals surface area contributed by atoms with E-state index in [0.29, 0.717) is 33.9 Å². The molecule has 0 saturated carbocycles. The van der Waals surface area contributed by atoms with Crippen LogP contribution in [-0.4, -0.2) is 26.8 Å². The standard InChI is InChI=1S/C28H20F3N5O2/c1-16(37)33-25-12-7-20(15-32-25)27(38)34-22-9-5-17(6-10-22)18-3-2-4-19(13-18)26-35-23-11-8-21(28(29,30)31)14-24(23)36-26/h2-15H,1H3,(H,34,38)(H,35,36)(H,32,33,37). The highest BCUT2D eigenvalue weighted by Gasteiger charge is 2.30. The summed E-state index contributed by atoms with van der Waals surface area (Å²) in [4.78, 5) is 35.1. The monoisotopic (exact) mass is 515 g/mol. The number of benzene rings is 3. The fraction of sp³-hybridized carbons (Fsp3) is 0.0714. The molecule has 38 heavy (non-hydrogen) atoms. The zero-order chi connectivity index (χ0) is 26.9. The molecule has 3 aromatic carbocycles. The number of aromatic nitrogens is 3. The molecule has 0 aliphatic rings. The molecule has 7 nitrogen and oxygen atoms in total. The summed E-state index contributed by atoms with van der Waals surface area (Å²) in [5.74, 6) is 0.218. The van der Waals surface area contributed by atoms with Crippen molar-refractivity contribution in [2.45, 2.75) is 13.1 Å². The van der Waals surface area contributed by atoms with Gasteiger partial charge < -0.3 is 15.6 Å². The Morgan fingerprint density at radius 3 is 2.29 bits per heavy atom. The van der Waals surface area contributed by atoms with Crippen molar-refractivity contribution in [1.82, 2.24) is 15.0 Å². The Bertz CT molecular complexity index is 1640. The van der Waals surface area contributed by atoms with Crippen molar-refractivity contribution in [2.75, 3.05) is 10.6 Å². The predicted octanol–water partition coefficient (Wildman–Crippen LogP) is 6.52. The van der Waals surface area contributed by atoms with E-state index in [1.54, 1.807) is 24.3 Å². The van der Waals surface area contributed by atoms with Crippen LogP contribution in [0.15, 0.2) is 85.1 Å². The summed E-state index contributed by atoms with van der Waals surface area (Å²) in [6.07, 6.45) is -3.05. The van der Waals surface area contributed by atoms with Gasteiger partial charge in [0.25, 0.3) is 5.91 Å². The van der Waals surface area contributed by atoms with Crippen LogP contribution in [0.25, 0.3) is 33.5 Å². The summed E-state index contributed by atoms with van der Waals surface area (Å²) >= 11 is 0. The average molecular weight is 515 g/mol. The Labute approximate surface area is 214 Å². The number of amides is 2. The molecular weight excluding hydrogens is 495 g/mol. The van der Waals surface area contributed by atoms with Gasteiger partial charge in [-0.2, -0.15) is 13.2 Å². The van der Waals surface area contributed by atoms with Gasteiger partial charge in [0.2, 0.25) is 5.91 Å². The number of halogens is 3. The number of fused-ring (bicyclic) bond motifs is 1. The highest BCUT2D eigenvalue weighted by molar-refractivity contribution is 6.04. The van der Waals surface area contributed by atoms with E-state index in [1.165, 1.54) is 19.2 Å². The number of nitrogens with zero attached hydrogens (tertiary/aromatic N) is 2. The highest BCUT2D eigenvalue weighted by atomic mass is 19.4. The molecule has 0 spiro atoms. The number of anilines is 2. The lowest BCUT2D eigenvalue weighted by atomic mass is 10.0. The minimum Gasteiger partial charge on any atom is -0.338 e. The lowest BCUT2D eigenvalue weighted by Gasteiger charge is -2.08. The molecule has 0 fully saturated rings. The van der Waals surface area contributed by atoms with Crippen molar-refractivity contribution < 1.29 is 22.8 Å². The third kappa shape index (κ3) is 5.39. The summed E-state index contributed by atoms with van der Waals surface area (Å²) in [6, 6.07) is 21.2. The second-order valence-electron chi connectivity index (χ2n) is 8.54. The lowest BCUT2D eigenvalue weighted by Crippen LogP contribution is -2.13. The lowest BCUT2D eigenvalue weighted by molar-refractivity contribution is -0.137. The molecule has 0 bridgehead atoms. The smallest absolute Gasteiger partial charge is 0.338 e. The van der Waals surface area contributed by atoms with Crippen molar-refractivity contribution in [2.24, 2.45) is 0 Å². The van der Waals surface area contributed by atoms with Crippen LogP contribution < -0.4 is 10.6 Å². The van der Waals surface area contributed by atoms with E-state index in [1.807, 2.05) is 36.4 Å². The molecule has 190 valence electrons. The van der Waals surface area contributed by atoms with Crippen LogP contribution >= 0.6 is 0 Å². The van der Waals surface area contributed by atoms with Gasteiger partial charge in [-0.15, -0.1) is 0 Å². The van der Waals surface area contributed by atoms with Gasteiger partial charge in [-0.1, -0.05) is 30.3 Å². The Kier molecular flexibility index (Phi) is 6.38. The maximum Gasteiger partial charge on any atom is 0.416 e. The molecule has 0 radical (unpaired) electrons. The number of aromatic amines is 1. The number of imidazole rings is 1. The third-order valence-electron chi connectivity index (χ3n) is 5.75. The zero-order valence-electron chi connectivity index (χ0n) is 19.9. The number of nitrogens with one attached hydrogen (secondary N) is 3. The molecule has 0 unspecified atom stereocenters. The van der Waals surface area contributed by atoms with Crippen LogP contribution in [0.1, 0.15) is 22.8 Å². The Balaban J connectivity index is 1.32.